The van der Waals surface area contributed by atoms with Crippen LogP contribution >= 0.6 is 15.9 Å². The minimum absolute atomic E-state index is 0.304. The lowest BCUT2D eigenvalue weighted by atomic mass is 10.1. The summed E-state index contributed by atoms with van der Waals surface area (Å²) in [5.74, 6) is 0. The highest BCUT2D eigenvalue weighted by atomic mass is 79.9. The number of amides is 2. The number of hydrogen-bond acceptors (Lipinski definition) is 2. The highest BCUT2D eigenvalue weighted by molar-refractivity contribution is 9.10. The van der Waals surface area contributed by atoms with Gasteiger partial charge in [0.05, 0.1) is 11.4 Å². The van der Waals surface area contributed by atoms with Crippen LogP contribution in [0.1, 0.15) is 0 Å². The van der Waals surface area contributed by atoms with E-state index in [0.717, 1.165) is 32.3 Å². The summed E-state index contributed by atoms with van der Waals surface area (Å²) in [6, 6.07) is 18.8. The number of halogens is 1. The lowest BCUT2D eigenvalue weighted by Crippen LogP contribution is -2.19. The number of nitrogens with zero attached hydrogens (tertiary/aromatic N) is 1. The molecule has 0 saturated heterocycles. The average Bonchev–Trinajstić information content (AvgIpc) is 3.03. The molecule has 3 N–H and O–H groups in total. The first-order valence-electron chi connectivity index (χ1n) is 8.05. The second-order valence-electron chi connectivity index (χ2n) is 5.75. The zero-order chi connectivity index (χ0) is 17.9. The molecule has 26 heavy (non-hydrogen) atoms. The van der Waals surface area contributed by atoms with Gasteiger partial charge in [0.25, 0.3) is 0 Å². The molecule has 5 nitrogen and oxygen atoms in total. The van der Waals surface area contributed by atoms with Gasteiger partial charge in [0.1, 0.15) is 0 Å². The first-order valence-corrected chi connectivity index (χ1v) is 8.85. The molecular formula is C20H15BrN4O. The Morgan fingerprint density at radius 1 is 0.962 bits per heavy atom. The zero-order valence-electron chi connectivity index (χ0n) is 13.7. The van der Waals surface area contributed by atoms with Crippen molar-refractivity contribution in [3.8, 4) is 11.3 Å². The first kappa shape index (κ1) is 16.4. The predicted molar refractivity (Wildman–Crippen MR) is 108 cm³/mol. The van der Waals surface area contributed by atoms with Crippen LogP contribution in [-0.2, 0) is 0 Å². The Kier molecular flexibility index (Phi) is 4.41. The molecule has 0 spiro atoms. The summed E-state index contributed by atoms with van der Waals surface area (Å²) in [6.45, 7) is 0. The number of H-pyrrole nitrogens is 1. The van der Waals surface area contributed by atoms with Crippen LogP contribution in [0.25, 0.3) is 22.2 Å². The minimum atomic E-state index is -0.304. The number of carbonyl (C=O) groups is 1. The molecule has 4 aromatic rings. The molecule has 4 rings (SSSR count). The molecule has 2 heterocycles. The van der Waals surface area contributed by atoms with E-state index in [1.54, 1.807) is 12.4 Å². The smallest absolute Gasteiger partial charge is 0.323 e. The Labute approximate surface area is 158 Å². The summed E-state index contributed by atoms with van der Waals surface area (Å²) in [5, 5.41) is 6.77. The van der Waals surface area contributed by atoms with E-state index in [0.29, 0.717) is 5.69 Å². The fourth-order valence-electron chi connectivity index (χ4n) is 2.81. The van der Waals surface area contributed by atoms with Gasteiger partial charge in [-0.3, -0.25) is 4.98 Å². The maximum Gasteiger partial charge on any atom is 0.323 e. The van der Waals surface area contributed by atoms with Crippen LogP contribution in [0.4, 0.5) is 16.2 Å². The Morgan fingerprint density at radius 3 is 2.54 bits per heavy atom. The average molecular weight is 407 g/mol. The first-order chi connectivity index (χ1) is 12.7. The van der Waals surface area contributed by atoms with Crippen molar-refractivity contribution in [3.05, 3.63) is 77.5 Å². The van der Waals surface area contributed by atoms with Crippen molar-refractivity contribution in [1.29, 1.82) is 0 Å². The molecule has 128 valence electrons. The molecule has 2 amide bonds. The van der Waals surface area contributed by atoms with E-state index in [9.17, 15) is 4.79 Å². The number of urea groups is 1. The quantitative estimate of drug-likeness (QED) is 0.412. The third-order valence-corrected chi connectivity index (χ3v) is 4.53. The van der Waals surface area contributed by atoms with E-state index in [4.69, 9.17) is 0 Å². The van der Waals surface area contributed by atoms with E-state index in [-0.39, 0.29) is 6.03 Å². The third-order valence-electron chi connectivity index (χ3n) is 4.00. The summed E-state index contributed by atoms with van der Waals surface area (Å²) in [6.07, 6.45) is 3.49. The Hall–Kier alpha value is -3.12. The molecular weight excluding hydrogens is 392 g/mol. The normalized spacial score (nSPS) is 10.7. The van der Waals surface area contributed by atoms with E-state index in [1.165, 1.54) is 0 Å². The molecule has 0 aliphatic carbocycles. The largest absolute Gasteiger partial charge is 0.353 e. The van der Waals surface area contributed by atoms with Gasteiger partial charge in [0.15, 0.2) is 0 Å². The van der Waals surface area contributed by atoms with Crippen molar-refractivity contribution in [2.45, 2.75) is 0 Å². The molecule has 2 aromatic carbocycles. The molecule has 0 fully saturated rings. The maximum absolute atomic E-state index is 12.5. The Bertz CT molecular complexity index is 1060. The monoisotopic (exact) mass is 406 g/mol. The lowest BCUT2D eigenvalue weighted by Gasteiger charge is -2.09. The number of nitrogens with one attached hydrogen (secondary N) is 3. The van der Waals surface area contributed by atoms with Crippen LogP contribution in [0.3, 0.4) is 0 Å². The molecule has 0 saturated carbocycles. The molecule has 6 heteroatoms. The van der Waals surface area contributed by atoms with Crippen molar-refractivity contribution in [3.63, 3.8) is 0 Å². The lowest BCUT2D eigenvalue weighted by molar-refractivity contribution is 0.262. The molecule has 2 aromatic heterocycles. The van der Waals surface area contributed by atoms with Gasteiger partial charge in [-0.05, 0) is 42.5 Å². The van der Waals surface area contributed by atoms with Crippen LogP contribution in [0, 0.1) is 0 Å². The number of rotatable bonds is 3. The van der Waals surface area contributed by atoms with Crippen LogP contribution in [0.5, 0.6) is 0 Å². The van der Waals surface area contributed by atoms with Gasteiger partial charge in [-0.1, -0.05) is 34.1 Å². The molecule has 0 radical (unpaired) electrons. The van der Waals surface area contributed by atoms with Crippen molar-refractivity contribution in [2.24, 2.45) is 0 Å². The van der Waals surface area contributed by atoms with Crippen LogP contribution < -0.4 is 10.6 Å². The van der Waals surface area contributed by atoms with Gasteiger partial charge >= 0.3 is 6.03 Å². The number of para-hydroxylation sites is 1. The predicted octanol–water partition coefficient (Wildman–Crippen LogP) is 5.64. The van der Waals surface area contributed by atoms with Crippen molar-refractivity contribution in [2.75, 3.05) is 10.6 Å². The SMILES string of the molecule is O=C(Nc1ccc(Br)cc1)Nc1c(-c2cccnc2)[nH]c2ccccc12. The van der Waals surface area contributed by atoms with Gasteiger partial charge in [0.2, 0.25) is 0 Å². The molecule has 0 unspecified atom stereocenters. The van der Waals surface area contributed by atoms with Gasteiger partial charge in [0, 0.05) is 39.0 Å². The standard InChI is InChI=1S/C20H15BrN4O/c21-14-7-9-15(10-8-14)23-20(26)25-19-16-5-1-2-6-17(16)24-18(19)13-4-3-11-22-12-13/h1-12,24H,(H2,23,25,26). The Morgan fingerprint density at radius 2 is 1.77 bits per heavy atom. The summed E-state index contributed by atoms with van der Waals surface area (Å²) >= 11 is 3.38. The highest BCUT2D eigenvalue weighted by Gasteiger charge is 2.15. The number of aromatic amines is 1. The number of aromatic nitrogens is 2. The van der Waals surface area contributed by atoms with Crippen LogP contribution in [0.15, 0.2) is 77.5 Å². The second-order valence-corrected chi connectivity index (χ2v) is 6.66. The molecule has 0 aliphatic heterocycles. The van der Waals surface area contributed by atoms with E-state index >= 15 is 0 Å². The molecule has 0 atom stereocenters. The summed E-state index contributed by atoms with van der Waals surface area (Å²) in [7, 11) is 0. The number of hydrogen-bond donors (Lipinski definition) is 3. The fourth-order valence-corrected chi connectivity index (χ4v) is 3.07. The minimum Gasteiger partial charge on any atom is -0.353 e. The Balaban J connectivity index is 1.68. The van der Waals surface area contributed by atoms with Crippen molar-refractivity contribution in [1.82, 2.24) is 9.97 Å². The fraction of sp³-hybridized carbons (Fsp3) is 0. The third kappa shape index (κ3) is 3.32. The number of fused-ring (bicyclic) bond motifs is 1. The number of anilines is 2. The summed E-state index contributed by atoms with van der Waals surface area (Å²) < 4.78 is 0.957. The highest BCUT2D eigenvalue weighted by Crippen LogP contribution is 2.34. The van der Waals surface area contributed by atoms with Gasteiger partial charge < -0.3 is 15.6 Å². The molecule has 0 aliphatic rings. The number of pyridine rings is 1. The van der Waals surface area contributed by atoms with E-state index in [2.05, 4.69) is 36.5 Å². The van der Waals surface area contributed by atoms with Crippen LogP contribution in [0.2, 0.25) is 0 Å². The maximum atomic E-state index is 12.5. The van der Waals surface area contributed by atoms with Gasteiger partial charge in [-0.25, -0.2) is 4.79 Å². The van der Waals surface area contributed by atoms with Crippen LogP contribution in [-0.4, -0.2) is 16.0 Å². The van der Waals surface area contributed by atoms with Gasteiger partial charge in [-0.2, -0.15) is 0 Å². The van der Waals surface area contributed by atoms with Crippen molar-refractivity contribution >= 4 is 44.2 Å². The van der Waals surface area contributed by atoms with E-state index in [1.807, 2.05) is 60.7 Å². The number of benzene rings is 2. The number of carbonyl (C=O) groups excluding carboxylic acids is 1. The summed E-state index contributed by atoms with van der Waals surface area (Å²) in [4.78, 5) is 20.1. The zero-order valence-corrected chi connectivity index (χ0v) is 15.2. The van der Waals surface area contributed by atoms with Crippen molar-refractivity contribution < 1.29 is 4.79 Å². The summed E-state index contributed by atoms with van der Waals surface area (Å²) in [5.41, 5.74) is 4.12. The topological polar surface area (TPSA) is 69.8 Å². The van der Waals surface area contributed by atoms with E-state index < -0.39 is 0 Å². The molecule has 0 bridgehead atoms. The second kappa shape index (κ2) is 7.01. The van der Waals surface area contributed by atoms with Gasteiger partial charge in [-0.15, -0.1) is 0 Å².